The van der Waals surface area contributed by atoms with E-state index in [4.69, 9.17) is 5.26 Å². The van der Waals surface area contributed by atoms with E-state index < -0.39 is 6.10 Å². The fraction of sp³-hybridized carbons (Fsp3) is 0.562. The number of hydrogen-bond donors (Lipinski definition) is 1. The molecule has 0 radical (unpaired) electrons. The molecule has 0 saturated carbocycles. The summed E-state index contributed by atoms with van der Waals surface area (Å²) in [6.45, 7) is 6.10. The van der Waals surface area contributed by atoms with Gasteiger partial charge in [0.05, 0.1) is 17.7 Å². The molecule has 19 heavy (non-hydrogen) atoms. The molecule has 2 rings (SSSR count). The van der Waals surface area contributed by atoms with E-state index in [0.29, 0.717) is 5.56 Å². The number of aliphatic hydroxyl groups is 1. The van der Waals surface area contributed by atoms with Crippen LogP contribution in [-0.4, -0.2) is 18.2 Å². The second-order valence-corrected chi connectivity index (χ2v) is 5.58. The third kappa shape index (κ3) is 3.27. The first-order valence-corrected chi connectivity index (χ1v) is 7.09. The molecule has 1 N–H and O–H groups in total. The molecule has 0 aliphatic carbocycles. The van der Waals surface area contributed by atoms with E-state index in [1.165, 1.54) is 19.3 Å². The summed E-state index contributed by atoms with van der Waals surface area (Å²) in [5, 5.41) is 19.0. The molecule has 0 bridgehead atoms. The summed E-state index contributed by atoms with van der Waals surface area (Å²) in [4.78, 5) is 2.33. The summed E-state index contributed by atoms with van der Waals surface area (Å²) in [7, 11) is 0. The van der Waals surface area contributed by atoms with Crippen LogP contribution in [0.25, 0.3) is 0 Å². The summed E-state index contributed by atoms with van der Waals surface area (Å²) < 4.78 is 0. The van der Waals surface area contributed by atoms with Gasteiger partial charge in [0.15, 0.2) is 0 Å². The quantitative estimate of drug-likeness (QED) is 0.886. The zero-order chi connectivity index (χ0) is 13.8. The lowest BCUT2D eigenvalue weighted by molar-refractivity contribution is 0.199. The Morgan fingerprint density at radius 2 is 2.16 bits per heavy atom. The predicted molar refractivity (Wildman–Crippen MR) is 77.0 cm³/mol. The predicted octanol–water partition coefficient (Wildman–Crippen LogP) is 3.24. The molecule has 3 nitrogen and oxygen atoms in total. The van der Waals surface area contributed by atoms with Crippen molar-refractivity contribution in [2.24, 2.45) is 5.92 Å². The van der Waals surface area contributed by atoms with Crippen LogP contribution in [0.2, 0.25) is 0 Å². The smallest absolute Gasteiger partial charge is 0.0992 e. The average molecular weight is 258 g/mol. The van der Waals surface area contributed by atoms with Gasteiger partial charge in [-0.25, -0.2) is 0 Å². The number of benzene rings is 1. The Balaban J connectivity index is 2.33. The Kier molecular flexibility index (Phi) is 4.44. The Morgan fingerprint density at radius 1 is 1.37 bits per heavy atom. The first kappa shape index (κ1) is 13.9. The maximum Gasteiger partial charge on any atom is 0.0992 e. The van der Waals surface area contributed by atoms with E-state index in [1.54, 1.807) is 13.0 Å². The molecule has 2 atom stereocenters. The summed E-state index contributed by atoms with van der Waals surface area (Å²) in [6.07, 6.45) is 3.12. The summed E-state index contributed by atoms with van der Waals surface area (Å²) in [6, 6.07) is 7.77. The van der Waals surface area contributed by atoms with E-state index in [1.807, 2.05) is 12.1 Å². The number of anilines is 1. The number of rotatable bonds is 2. The highest BCUT2D eigenvalue weighted by atomic mass is 16.3. The minimum absolute atomic E-state index is 0.497. The second-order valence-electron chi connectivity index (χ2n) is 5.58. The molecule has 1 aliphatic heterocycles. The third-order valence-corrected chi connectivity index (χ3v) is 3.97. The van der Waals surface area contributed by atoms with Gasteiger partial charge in [-0.2, -0.15) is 5.26 Å². The number of nitrogens with zero attached hydrogens (tertiary/aromatic N) is 2. The van der Waals surface area contributed by atoms with E-state index in [0.717, 1.165) is 30.3 Å². The van der Waals surface area contributed by atoms with Gasteiger partial charge in [0, 0.05) is 24.3 Å². The van der Waals surface area contributed by atoms with Crippen LogP contribution in [0.4, 0.5) is 5.69 Å². The Hall–Kier alpha value is -1.53. The monoisotopic (exact) mass is 258 g/mol. The second kappa shape index (κ2) is 6.08. The number of nitriles is 1. The molecule has 0 aromatic heterocycles. The van der Waals surface area contributed by atoms with Crippen LogP contribution in [0.3, 0.4) is 0 Å². The van der Waals surface area contributed by atoms with Gasteiger partial charge in [0.25, 0.3) is 0 Å². The zero-order valence-electron chi connectivity index (χ0n) is 11.8. The summed E-state index contributed by atoms with van der Waals surface area (Å²) in [5.41, 5.74) is 2.62. The molecule has 1 fully saturated rings. The van der Waals surface area contributed by atoms with Crippen molar-refractivity contribution in [2.45, 2.75) is 39.2 Å². The van der Waals surface area contributed by atoms with Gasteiger partial charge >= 0.3 is 0 Å². The van der Waals surface area contributed by atoms with Crippen LogP contribution in [0.15, 0.2) is 18.2 Å². The number of hydrogen-bond acceptors (Lipinski definition) is 3. The molecule has 0 amide bonds. The van der Waals surface area contributed by atoms with Gasteiger partial charge < -0.3 is 10.0 Å². The van der Waals surface area contributed by atoms with Gasteiger partial charge in [-0.05, 0) is 44.2 Å². The average Bonchev–Trinajstić information content (AvgIpc) is 2.62. The molecule has 1 heterocycles. The van der Waals surface area contributed by atoms with Crippen molar-refractivity contribution in [3.8, 4) is 6.07 Å². The standard InChI is InChI=1S/C16H22N2O/c1-12-4-3-8-18(9-7-12)16-10-14(11-17)5-6-15(16)13(2)19/h5-6,10,12-13,19H,3-4,7-9H2,1-2H3/t12?,13-/m0/s1. The molecule has 3 heteroatoms. The molecular formula is C16H22N2O. The van der Waals surface area contributed by atoms with E-state index >= 15 is 0 Å². The summed E-state index contributed by atoms with van der Waals surface area (Å²) >= 11 is 0. The topological polar surface area (TPSA) is 47.3 Å². The lowest BCUT2D eigenvalue weighted by atomic mass is 10.0. The zero-order valence-corrected chi connectivity index (χ0v) is 11.8. The lowest BCUT2D eigenvalue weighted by Crippen LogP contribution is -2.25. The van der Waals surface area contributed by atoms with Gasteiger partial charge in [-0.1, -0.05) is 13.0 Å². The fourth-order valence-electron chi connectivity index (χ4n) is 2.74. The highest BCUT2D eigenvalue weighted by molar-refractivity contribution is 5.58. The van der Waals surface area contributed by atoms with Crippen molar-refractivity contribution in [3.63, 3.8) is 0 Å². The SMILES string of the molecule is CC1CCCN(c2cc(C#N)ccc2[C@H](C)O)CC1. The van der Waals surface area contributed by atoms with E-state index in [-0.39, 0.29) is 0 Å². The Morgan fingerprint density at radius 3 is 2.84 bits per heavy atom. The van der Waals surface area contributed by atoms with Crippen LogP contribution in [0, 0.1) is 17.2 Å². The maximum atomic E-state index is 9.91. The lowest BCUT2D eigenvalue weighted by Gasteiger charge is -2.26. The third-order valence-electron chi connectivity index (χ3n) is 3.97. The van der Waals surface area contributed by atoms with Crippen LogP contribution in [0.5, 0.6) is 0 Å². The van der Waals surface area contributed by atoms with Gasteiger partial charge in [-0.3, -0.25) is 0 Å². The van der Waals surface area contributed by atoms with Crippen LogP contribution in [-0.2, 0) is 0 Å². The van der Waals surface area contributed by atoms with Crippen molar-refractivity contribution in [1.29, 1.82) is 5.26 Å². The van der Waals surface area contributed by atoms with Gasteiger partial charge in [0.1, 0.15) is 0 Å². The Labute approximate surface area is 115 Å². The minimum atomic E-state index is -0.497. The highest BCUT2D eigenvalue weighted by Gasteiger charge is 2.18. The highest BCUT2D eigenvalue weighted by Crippen LogP contribution is 2.30. The van der Waals surface area contributed by atoms with Crippen LogP contribution >= 0.6 is 0 Å². The first-order chi connectivity index (χ1) is 9.11. The van der Waals surface area contributed by atoms with Crippen molar-refractivity contribution in [1.82, 2.24) is 0 Å². The Bertz CT molecular complexity index is 476. The van der Waals surface area contributed by atoms with E-state index in [9.17, 15) is 5.11 Å². The minimum Gasteiger partial charge on any atom is -0.389 e. The van der Waals surface area contributed by atoms with Gasteiger partial charge in [-0.15, -0.1) is 0 Å². The molecular weight excluding hydrogens is 236 g/mol. The van der Waals surface area contributed by atoms with Crippen LogP contribution in [0.1, 0.15) is 50.3 Å². The van der Waals surface area contributed by atoms with Crippen molar-refractivity contribution >= 4 is 5.69 Å². The molecule has 1 aliphatic rings. The van der Waals surface area contributed by atoms with E-state index in [2.05, 4.69) is 17.9 Å². The first-order valence-electron chi connectivity index (χ1n) is 7.09. The van der Waals surface area contributed by atoms with Gasteiger partial charge in [0.2, 0.25) is 0 Å². The molecule has 1 saturated heterocycles. The van der Waals surface area contributed by atoms with Crippen molar-refractivity contribution < 1.29 is 5.11 Å². The van der Waals surface area contributed by atoms with Crippen LogP contribution < -0.4 is 4.90 Å². The largest absolute Gasteiger partial charge is 0.389 e. The molecule has 1 aromatic rings. The molecule has 0 spiro atoms. The van der Waals surface area contributed by atoms with Crippen molar-refractivity contribution in [3.05, 3.63) is 29.3 Å². The molecule has 102 valence electrons. The number of aliphatic hydroxyl groups excluding tert-OH is 1. The summed E-state index contributed by atoms with van der Waals surface area (Å²) in [5.74, 6) is 0.763. The molecule has 1 aromatic carbocycles. The fourth-order valence-corrected chi connectivity index (χ4v) is 2.74. The normalized spacial score (nSPS) is 21.6. The molecule has 1 unspecified atom stereocenters. The maximum absolute atomic E-state index is 9.91. The van der Waals surface area contributed by atoms with Crippen molar-refractivity contribution in [2.75, 3.05) is 18.0 Å².